The van der Waals surface area contributed by atoms with Crippen LogP contribution >= 0.6 is 0 Å². The molecule has 2 fully saturated rings. The number of piperazine rings is 1. The second kappa shape index (κ2) is 10.0. The number of likely N-dealkylation sites (N-methyl/N-ethyl adjacent to an activating group) is 1. The molecule has 1 aromatic carbocycles. The molecule has 28 heavy (non-hydrogen) atoms. The molecule has 1 atom stereocenters. The smallest absolute Gasteiger partial charge is 0.253 e. The van der Waals surface area contributed by atoms with Crippen molar-refractivity contribution >= 4 is 11.8 Å². The number of nitrogens with zero attached hydrogens (tertiary/aromatic N) is 3. The lowest BCUT2D eigenvalue weighted by atomic mass is 10.1. The molecule has 2 amide bonds. The van der Waals surface area contributed by atoms with Crippen LogP contribution in [0.3, 0.4) is 0 Å². The first-order chi connectivity index (χ1) is 13.6. The van der Waals surface area contributed by atoms with Crippen LogP contribution in [0.5, 0.6) is 0 Å². The highest BCUT2D eigenvalue weighted by molar-refractivity contribution is 5.94. The fraction of sp³-hybridized carbons (Fsp3) is 0.636. The first-order valence-corrected chi connectivity index (χ1v) is 10.7. The molecule has 2 aliphatic rings. The van der Waals surface area contributed by atoms with Crippen molar-refractivity contribution in [3.63, 3.8) is 0 Å². The van der Waals surface area contributed by atoms with Gasteiger partial charge in [0.2, 0.25) is 5.91 Å². The fourth-order valence-electron chi connectivity index (χ4n) is 4.31. The van der Waals surface area contributed by atoms with E-state index in [1.807, 2.05) is 41.0 Å². The van der Waals surface area contributed by atoms with E-state index < -0.39 is 0 Å². The molecular weight excluding hydrogens is 352 g/mol. The minimum absolute atomic E-state index is 0.0414. The van der Waals surface area contributed by atoms with Crippen LogP contribution in [-0.4, -0.2) is 84.9 Å². The summed E-state index contributed by atoms with van der Waals surface area (Å²) in [5.41, 5.74) is 1.80. The van der Waals surface area contributed by atoms with Crippen LogP contribution < -0.4 is 5.32 Å². The van der Waals surface area contributed by atoms with Crippen LogP contribution in [0.1, 0.15) is 42.1 Å². The van der Waals surface area contributed by atoms with Gasteiger partial charge in [-0.25, -0.2) is 0 Å². The normalized spacial score (nSPS) is 20.4. The summed E-state index contributed by atoms with van der Waals surface area (Å²) < 4.78 is 0. The Morgan fingerprint density at radius 2 is 2.00 bits per heavy atom. The van der Waals surface area contributed by atoms with Crippen LogP contribution in [0.4, 0.5) is 0 Å². The van der Waals surface area contributed by atoms with Crippen molar-refractivity contribution < 1.29 is 9.59 Å². The van der Waals surface area contributed by atoms with E-state index in [-0.39, 0.29) is 11.8 Å². The second-order valence-corrected chi connectivity index (χ2v) is 7.93. The molecule has 0 unspecified atom stereocenters. The number of amides is 2. The highest BCUT2D eigenvalue weighted by atomic mass is 16.2. The van der Waals surface area contributed by atoms with Crippen molar-refractivity contribution in [2.75, 3.05) is 52.4 Å². The first kappa shape index (κ1) is 20.8. The third-order valence-electron chi connectivity index (χ3n) is 5.95. The number of carbonyl (C=O) groups is 2. The molecule has 0 saturated carbocycles. The summed E-state index contributed by atoms with van der Waals surface area (Å²) >= 11 is 0. The maximum atomic E-state index is 13.2. The molecule has 2 heterocycles. The molecule has 6 heteroatoms. The number of aryl methyl sites for hydroxylation is 1. The van der Waals surface area contributed by atoms with E-state index in [2.05, 4.69) is 17.1 Å². The van der Waals surface area contributed by atoms with E-state index in [1.54, 1.807) is 0 Å². The molecule has 3 rings (SSSR count). The van der Waals surface area contributed by atoms with Crippen molar-refractivity contribution in [3.8, 4) is 0 Å². The van der Waals surface area contributed by atoms with E-state index in [9.17, 15) is 9.59 Å². The van der Waals surface area contributed by atoms with Gasteiger partial charge in [0, 0.05) is 57.3 Å². The number of carbonyl (C=O) groups excluding carboxylic acids is 2. The van der Waals surface area contributed by atoms with Crippen molar-refractivity contribution in [1.82, 2.24) is 20.0 Å². The van der Waals surface area contributed by atoms with Crippen molar-refractivity contribution in [1.29, 1.82) is 0 Å². The maximum absolute atomic E-state index is 13.2. The Morgan fingerprint density at radius 1 is 1.21 bits per heavy atom. The van der Waals surface area contributed by atoms with Gasteiger partial charge in [0.15, 0.2) is 0 Å². The molecule has 1 N–H and O–H groups in total. The third-order valence-corrected chi connectivity index (χ3v) is 5.95. The van der Waals surface area contributed by atoms with E-state index in [4.69, 9.17) is 0 Å². The molecule has 6 nitrogen and oxygen atoms in total. The molecule has 0 radical (unpaired) electrons. The van der Waals surface area contributed by atoms with Gasteiger partial charge in [0.05, 0.1) is 0 Å². The SMILES string of the molecule is CCN1CCC[C@H]1CN(CCC(=O)N1CCNCC1)C(=O)c1cccc(C)c1. The number of benzene rings is 1. The molecule has 154 valence electrons. The molecule has 0 aliphatic carbocycles. The van der Waals surface area contributed by atoms with Gasteiger partial charge in [-0.05, 0) is 45.0 Å². The summed E-state index contributed by atoms with van der Waals surface area (Å²) in [4.78, 5) is 32.1. The minimum Gasteiger partial charge on any atom is -0.340 e. The average Bonchev–Trinajstić information content (AvgIpc) is 3.18. The molecule has 2 saturated heterocycles. The number of nitrogens with one attached hydrogen (secondary N) is 1. The van der Waals surface area contributed by atoms with Gasteiger partial charge in [0.25, 0.3) is 5.91 Å². The monoisotopic (exact) mass is 386 g/mol. The summed E-state index contributed by atoms with van der Waals surface area (Å²) in [6, 6.07) is 8.16. The average molecular weight is 387 g/mol. The molecule has 0 spiro atoms. The van der Waals surface area contributed by atoms with Crippen LogP contribution in [0, 0.1) is 6.92 Å². The third kappa shape index (κ3) is 5.32. The molecule has 0 bridgehead atoms. The number of hydrogen-bond acceptors (Lipinski definition) is 4. The molecule has 0 aromatic heterocycles. The predicted molar refractivity (Wildman–Crippen MR) is 111 cm³/mol. The summed E-state index contributed by atoms with van der Waals surface area (Å²) in [6.07, 6.45) is 2.71. The molecule has 2 aliphatic heterocycles. The largest absolute Gasteiger partial charge is 0.340 e. The highest BCUT2D eigenvalue weighted by Gasteiger charge is 2.28. The second-order valence-electron chi connectivity index (χ2n) is 7.93. The maximum Gasteiger partial charge on any atom is 0.253 e. The van der Waals surface area contributed by atoms with Gasteiger partial charge in [0.1, 0.15) is 0 Å². The van der Waals surface area contributed by atoms with E-state index in [0.717, 1.165) is 56.8 Å². The van der Waals surface area contributed by atoms with Gasteiger partial charge >= 0.3 is 0 Å². The quantitative estimate of drug-likeness (QED) is 0.776. The van der Waals surface area contributed by atoms with Gasteiger partial charge in [-0.15, -0.1) is 0 Å². The zero-order chi connectivity index (χ0) is 19.9. The fourth-order valence-corrected chi connectivity index (χ4v) is 4.31. The molecule has 1 aromatic rings. The van der Waals surface area contributed by atoms with E-state index in [1.165, 1.54) is 6.42 Å². The summed E-state index contributed by atoms with van der Waals surface area (Å²) in [7, 11) is 0. The van der Waals surface area contributed by atoms with Gasteiger partial charge in [-0.2, -0.15) is 0 Å². The van der Waals surface area contributed by atoms with Crippen molar-refractivity contribution in [3.05, 3.63) is 35.4 Å². The van der Waals surface area contributed by atoms with E-state index in [0.29, 0.717) is 25.6 Å². The van der Waals surface area contributed by atoms with E-state index >= 15 is 0 Å². The Bertz CT molecular complexity index is 672. The Morgan fingerprint density at radius 3 is 2.71 bits per heavy atom. The zero-order valence-electron chi connectivity index (χ0n) is 17.3. The predicted octanol–water partition coefficient (Wildman–Crippen LogP) is 1.74. The first-order valence-electron chi connectivity index (χ1n) is 10.7. The number of rotatable bonds is 7. The Kier molecular flexibility index (Phi) is 7.45. The van der Waals surface area contributed by atoms with Crippen LogP contribution in [0.15, 0.2) is 24.3 Å². The van der Waals surface area contributed by atoms with Crippen LogP contribution in [0.25, 0.3) is 0 Å². The van der Waals surface area contributed by atoms with Crippen molar-refractivity contribution in [2.24, 2.45) is 0 Å². The standard InChI is InChI=1S/C22H34N4O2/c1-3-24-12-5-8-20(24)17-26(22(28)19-7-4-6-18(2)16-19)13-9-21(27)25-14-10-23-11-15-25/h4,6-7,16,20,23H,3,5,8-15,17H2,1-2H3/t20-/m0/s1. The lowest BCUT2D eigenvalue weighted by molar-refractivity contribution is -0.132. The van der Waals surface area contributed by atoms with Gasteiger partial charge in [-0.3, -0.25) is 14.5 Å². The topological polar surface area (TPSA) is 55.9 Å². The van der Waals surface area contributed by atoms with Crippen molar-refractivity contribution in [2.45, 2.75) is 39.2 Å². The number of hydrogen-bond donors (Lipinski definition) is 1. The Hall–Kier alpha value is -1.92. The van der Waals surface area contributed by atoms with Crippen LogP contribution in [-0.2, 0) is 4.79 Å². The summed E-state index contributed by atoms with van der Waals surface area (Å²) in [5.74, 6) is 0.196. The summed E-state index contributed by atoms with van der Waals surface area (Å²) in [6.45, 7) is 10.7. The Labute approximate surface area is 168 Å². The summed E-state index contributed by atoms with van der Waals surface area (Å²) in [5, 5.41) is 3.28. The van der Waals surface area contributed by atoms with Crippen LogP contribution in [0.2, 0.25) is 0 Å². The Balaban J connectivity index is 1.68. The zero-order valence-corrected chi connectivity index (χ0v) is 17.3. The minimum atomic E-state index is 0.0414. The number of likely N-dealkylation sites (tertiary alicyclic amines) is 1. The van der Waals surface area contributed by atoms with Gasteiger partial charge in [-0.1, -0.05) is 24.6 Å². The lowest BCUT2D eigenvalue weighted by Gasteiger charge is -2.32. The molecular formula is C22H34N4O2. The van der Waals surface area contributed by atoms with Gasteiger partial charge < -0.3 is 15.1 Å². The highest BCUT2D eigenvalue weighted by Crippen LogP contribution is 2.19. The lowest BCUT2D eigenvalue weighted by Crippen LogP contribution is -2.48.